The number of halogens is 2. The molecule has 21 heavy (non-hydrogen) atoms. The first kappa shape index (κ1) is 16.2. The van der Waals surface area contributed by atoms with Crippen molar-refractivity contribution in [3.63, 3.8) is 0 Å². The Kier molecular flexibility index (Phi) is 4.54. The van der Waals surface area contributed by atoms with E-state index in [4.69, 9.17) is 5.73 Å². The minimum absolute atomic E-state index is 0.250. The van der Waals surface area contributed by atoms with Crippen molar-refractivity contribution in [2.75, 3.05) is 0 Å². The maximum atomic E-state index is 13.4. The molecule has 2 N–H and O–H groups in total. The van der Waals surface area contributed by atoms with E-state index in [9.17, 15) is 4.39 Å². The highest BCUT2D eigenvalue weighted by Gasteiger charge is 2.19. The summed E-state index contributed by atoms with van der Waals surface area (Å²) in [6.07, 6.45) is 0. The normalized spacial score (nSPS) is 12.6. The molecule has 2 aromatic rings. The summed E-state index contributed by atoms with van der Waals surface area (Å²) < 4.78 is 13.9. The van der Waals surface area contributed by atoms with Crippen LogP contribution in [0.15, 0.2) is 22.7 Å². The molecule has 1 atom stereocenters. The first-order valence-electron chi connectivity index (χ1n) is 7.03. The second-order valence-corrected chi connectivity index (χ2v) is 6.54. The molecule has 0 heterocycles. The van der Waals surface area contributed by atoms with Crippen LogP contribution in [0.2, 0.25) is 0 Å². The van der Waals surface area contributed by atoms with Gasteiger partial charge in [0.1, 0.15) is 5.82 Å². The topological polar surface area (TPSA) is 26.0 Å². The lowest BCUT2D eigenvalue weighted by Gasteiger charge is -2.23. The Bertz CT molecular complexity index is 678. The monoisotopic (exact) mass is 349 g/mol. The Morgan fingerprint density at radius 1 is 0.905 bits per heavy atom. The molecule has 1 nitrogen and oxygen atoms in total. The maximum absolute atomic E-state index is 13.4. The second kappa shape index (κ2) is 5.90. The Labute approximate surface area is 134 Å². The van der Waals surface area contributed by atoms with Crippen LogP contribution in [-0.4, -0.2) is 0 Å². The van der Waals surface area contributed by atoms with E-state index in [1.165, 1.54) is 33.9 Å². The molecule has 1 unspecified atom stereocenters. The standard InChI is InChI=1S/C18H21BrFN/c1-9-10(2)12(4)17(13(5)11(9)3)18(21)14-6-7-16(20)15(19)8-14/h6-8,18H,21H2,1-5H3. The van der Waals surface area contributed by atoms with Crippen molar-refractivity contribution >= 4 is 15.9 Å². The second-order valence-electron chi connectivity index (χ2n) is 5.69. The average molecular weight is 350 g/mol. The van der Waals surface area contributed by atoms with Crippen molar-refractivity contribution in [2.24, 2.45) is 5.73 Å². The third kappa shape index (κ3) is 2.77. The van der Waals surface area contributed by atoms with Gasteiger partial charge >= 0.3 is 0 Å². The van der Waals surface area contributed by atoms with Gasteiger partial charge < -0.3 is 5.73 Å². The van der Waals surface area contributed by atoms with E-state index in [-0.39, 0.29) is 11.9 Å². The van der Waals surface area contributed by atoms with E-state index in [2.05, 4.69) is 50.5 Å². The third-order valence-corrected chi connectivity index (χ3v) is 5.28. The number of hydrogen-bond acceptors (Lipinski definition) is 1. The van der Waals surface area contributed by atoms with Crippen molar-refractivity contribution in [3.8, 4) is 0 Å². The fraction of sp³-hybridized carbons (Fsp3) is 0.333. The summed E-state index contributed by atoms with van der Waals surface area (Å²) in [5, 5.41) is 0. The van der Waals surface area contributed by atoms with Gasteiger partial charge in [0.2, 0.25) is 0 Å². The van der Waals surface area contributed by atoms with Crippen molar-refractivity contribution < 1.29 is 4.39 Å². The molecule has 0 spiro atoms. The first-order chi connectivity index (χ1) is 9.75. The molecule has 0 aromatic heterocycles. The molecule has 2 aromatic carbocycles. The van der Waals surface area contributed by atoms with E-state index in [0.29, 0.717) is 4.47 Å². The van der Waals surface area contributed by atoms with Crippen LogP contribution in [0.3, 0.4) is 0 Å². The average Bonchev–Trinajstić information content (AvgIpc) is 2.46. The van der Waals surface area contributed by atoms with Crippen LogP contribution in [0.1, 0.15) is 45.0 Å². The van der Waals surface area contributed by atoms with Gasteiger partial charge in [0, 0.05) is 0 Å². The molecule has 0 saturated carbocycles. The SMILES string of the molecule is Cc1c(C)c(C)c(C(N)c2ccc(F)c(Br)c2)c(C)c1C. The summed E-state index contributed by atoms with van der Waals surface area (Å²) in [4.78, 5) is 0. The molecule has 0 amide bonds. The van der Waals surface area contributed by atoms with Gasteiger partial charge in [-0.3, -0.25) is 0 Å². The molecule has 3 heteroatoms. The van der Waals surface area contributed by atoms with E-state index in [1.54, 1.807) is 12.1 Å². The van der Waals surface area contributed by atoms with Crippen molar-refractivity contribution in [1.29, 1.82) is 0 Å². The summed E-state index contributed by atoms with van der Waals surface area (Å²) in [6, 6.07) is 4.73. The maximum Gasteiger partial charge on any atom is 0.137 e. The van der Waals surface area contributed by atoms with Gasteiger partial charge in [-0.25, -0.2) is 4.39 Å². The smallest absolute Gasteiger partial charge is 0.137 e. The van der Waals surface area contributed by atoms with E-state index >= 15 is 0 Å². The van der Waals surface area contributed by atoms with Gasteiger partial charge in [-0.15, -0.1) is 0 Å². The van der Waals surface area contributed by atoms with Crippen LogP contribution >= 0.6 is 15.9 Å². The van der Waals surface area contributed by atoms with E-state index in [0.717, 1.165) is 11.1 Å². The number of rotatable bonds is 2. The molecule has 112 valence electrons. The summed E-state index contributed by atoms with van der Waals surface area (Å²) in [5.41, 5.74) is 14.9. The lowest BCUT2D eigenvalue weighted by atomic mass is 9.84. The van der Waals surface area contributed by atoms with Gasteiger partial charge in [-0.2, -0.15) is 0 Å². The zero-order valence-corrected chi connectivity index (χ0v) is 14.7. The van der Waals surface area contributed by atoms with Crippen LogP contribution < -0.4 is 5.73 Å². The minimum Gasteiger partial charge on any atom is -0.320 e. The molecule has 0 radical (unpaired) electrons. The molecule has 0 aliphatic carbocycles. The zero-order chi connectivity index (χ0) is 15.9. The van der Waals surface area contributed by atoms with Crippen LogP contribution in [0.4, 0.5) is 4.39 Å². The van der Waals surface area contributed by atoms with E-state index < -0.39 is 0 Å². The van der Waals surface area contributed by atoms with Gasteiger partial charge in [-0.05, 0) is 102 Å². The largest absolute Gasteiger partial charge is 0.320 e. The van der Waals surface area contributed by atoms with Crippen LogP contribution in [0, 0.1) is 40.4 Å². The Morgan fingerprint density at radius 3 is 1.86 bits per heavy atom. The quantitative estimate of drug-likeness (QED) is 0.794. The predicted molar refractivity (Wildman–Crippen MR) is 90.3 cm³/mol. The van der Waals surface area contributed by atoms with Gasteiger partial charge in [-0.1, -0.05) is 6.07 Å². The fourth-order valence-electron chi connectivity index (χ4n) is 2.87. The van der Waals surface area contributed by atoms with Crippen molar-refractivity contribution in [1.82, 2.24) is 0 Å². The van der Waals surface area contributed by atoms with Gasteiger partial charge in [0.15, 0.2) is 0 Å². The van der Waals surface area contributed by atoms with Crippen molar-refractivity contribution in [2.45, 2.75) is 40.7 Å². The lowest BCUT2D eigenvalue weighted by molar-refractivity contribution is 0.619. The van der Waals surface area contributed by atoms with Crippen molar-refractivity contribution in [3.05, 3.63) is 67.4 Å². The summed E-state index contributed by atoms with van der Waals surface area (Å²) in [6.45, 7) is 10.6. The molecular weight excluding hydrogens is 329 g/mol. The molecule has 0 bridgehead atoms. The Morgan fingerprint density at radius 2 is 1.38 bits per heavy atom. The highest BCUT2D eigenvalue weighted by molar-refractivity contribution is 9.10. The lowest BCUT2D eigenvalue weighted by Crippen LogP contribution is -2.17. The third-order valence-electron chi connectivity index (χ3n) is 4.67. The molecule has 0 saturated heterocycles. The minimum atomic E-state index is -0.268. The highest BCUT2D eigenvalue weighted by atomic mass is 79.9. The Balaban J connectivity index is 2.63. The summed E-state index contributed by atoms with van der Waals surface area (Å²) in [5.74, 6) is -0.268. The Hall–Kier alpha value is -1.19. The predicted octanol–water partition coefficient (Wildman–Crippen LogP) is 5.18. The molecule has 0 aliphatic heterocycles. The molecule has 2 rings (SSSR count). The fourth-order valence-corrected chi connectivity index (χ4v) is 3.26. The van der Waals surface area contributed by atoms with Crippen LogP contribution in [0.25, 0.3) is 0 Å². The molecule has 0 aliphatic rings. The summed E-state index contributed by atoms with van der Waals surface area (Å²) in [7, 11) is 0. The van der Waals surface area contributed by atoms with Gasteiger partial charge in [0.05, 0.1) is 10.5 Å². The van der Waals surface area contributed by atoms with Crippen LogP contribution in [-0.2, 0) is 0 Å². The first-order valence-corrected chi connectivity index (χ1v) is 7.82. The summed E-state index contributed by atoms with van der Waals surface area (Å²) >= 11 is 3.23. The van der Waals surface area contributed by atoms with E-state index in [1.807, 2.05) is 0 Å². The molecular formula is C18H21BrFN. The molecule has 0 fully saturated rings. The highest BCUT2D eigenvalue weighted by Crippen LogP contribution is 2.33. The number of benzene rings is 2. The van der Waals surface area contributed by atoms with Crippen LogP contribution in [0.5, 0.6) is 0 Å². The van der Waals surface area contributed by atoms with Gasteiger partial charge in [0.25, 0.3) is 0 Å². The number of hydrogen-bond donors (Lipinski definition) is 1. The zero-order valence-electron chi connectivity index (χ0n) is 13.1. The number of nitrogens with two attached hydrogens (primary N) is 1.